The molecular formula is C4H7IO. The molecule has 0 amide bonds. The Hall–Kier alpha value is 0.430. The minimum absolute atomic E-state index is 0.290. The van der Waals surface area contributed by atoms with Gasteiger partial charge in [0.2, 0.25) is 0 Å². The average molecular weight is 198 g/mol. The number of rotatable bonds is 1. The van der Waals surface area contributed by atoms with Crippen LogP contribution in [-0.2, 0) is 0 Å². The smallest absolute Gasteiger partial charge is 0.0700 e. The van der Waals surface area contributed by atoms with E-state index in [1.807, 2.05) is 0 Å². The fraction of sp³-hybridized carbons (Fsp3) is 0.500. The summed E-state index contributed by atoms with van der Waals surface area (Å²) in [6, 6.07) is 0. The van der Waals surface area contributed by atoms with Gasteiger partial charge in [-0.2, -0.15) is 0 Å². The molecule has 0 saturated carbocycles. The maximum absolute atomic E-state index is 8.46. The first-order chi connectivity index (χ1) is 2.77. The van der Waals surface area contributed by atoms with E-state index >= 15 is 0 Å². The maximum Gasteiger partial charge on any atom is 0.0700 e. The molecule has 6 heavy (non-hydrogen) atoms. The van der Waals surface area contributed by atoms with Gasteiger partial charge in [-0.25, -0.2) is 0 Å². The number of aliphatic hydroxyl groups is 1. The molecule has 0 spiro atoms. The quantitative estimate of drug-likeness (QED) is 0.630. The average Bonchev–Trinajstić information content (AvgIpc) is 1.35. The maximum atomic E-state index is 8.46. The molecule has 2 heteroatoms. The van der Waals surface area contributed by atoms with Crippen LogP contribution in [0.25, 0.3) is 0 Å². The van der Waals surface area contributed by atoms with E-state index in [0.717, 1.165) is 0 Å². The van der Waals surface area contributed by atoms with Gasteiger partial charge in [-0.05, 0) is 11.0 Å². The molecule has 0 aromatic carbocycles. The second kappa shape index (κ2) is 3.61. The number of hydrogen-bond acceptors (Lipinski definition) is 1. The summed E-state index contributed by atoms with van der Waals surface area (Å²) in [5, 5.41) is 8.46. The van der Waals surface area contributed by atoms with Crippen LogP contribution in [0.5, 0.6) is 0 Å². The SMILES string of the molecule is C[C@@H](O)/C=C\I. The van der Waals surface area contributed by atoms with Crippen LogP contribution in [0.3, 0.4) is 0 Å². The molecule has 0 bridgehead atoms. The van der Waals surface area contributed by atoms with E-state index in [1.165, 1.54) is 0 Å². The first-order valence-electron chi connectivity index (χ1n) is 1.72. The second-order valence-electron chi connectivity index (χ2n) is 1.06. The van der Waals surface area contributed by atoms with Crippen LogP contribution in [0.2, 0.25) is 0 Å². The minimum Gasteiger partial charge on any atom is -0.389 e. The first-order valence-corrected chi connectivity index (χ1v) is 2.97. The molecular weight excluding hydrogens is 191 g/mol. The van der Waals surface area contributed by atoms with Gasteiger partial charge >= 0.3 is 0 Å². The lowest BCUT2D eigenvalue weighted by molar-refractivity contribution is 0.244. The Kier molecular flexibility index (Phi) is 3.87. The summed E-state index contributed by atoms with van der Waals surface area (Å²) in [6.07, 6.45) is 1.42. The van der Waals surface area contributed by atoms with Crippen LogP contribution in [0.15, 0.2) is 10.2 Å². The highest BCUT2D eigenvalue weighted by molar-refractivity contribution is 14.1. The van der Waals surface area contributed by atoms with Crippen LogP contribution < -0.4 is 0 Å². The molecule has 36 valence electrons. The minimum atomic E-state index is -0.290. The monoisotopic (exact) mass is 198 g/mol. The molecule has 1 N–H and O–H groups in total. The molecule has 0 aliphatic rings. The molecule has 0 fully saturated rings. The van der Waals surface area contributed by atoms with Crippen LogP contribution in [-0.4, -0.2) is 11.2 Å². The van der Waals surface area contributed by atoms with Crippen LogP contribution >= 0.6 is 22.6 Å². The van der Waals surface area contributed by atoms with Gasteiger partial charge in [0.05, 0.1) is 6.10 Å². The zero-order chi connectivity index (χ0) is 4.99. The van der Waals surface area contributed by atoms with Crippen LogP contribution in [0.4, 0.5) is 0 Å². The summed E-state index contributed by atoms with van der Waals surface area (Å²) in [5.74, 6) is 0. The van der Waals surface area contributed by atoms with Crippen LogP contribution in [0.1, 0.15) is 6.92 Å². The van der Waals surface area contributed by atoms with Crippen molar-refractivity contribution in [3.63, 3.8) is 0 Å². The number of aliphatic hydroxyl groups excluding tert-OH is 1. The summed E-state index contributed by atoms with van der Waals surface area (Å²) >= 11 is 2.06. The summed E-state index contributed by atoms with van der Waals surface area (Å²) in [7, 11) is 0. The number of halogens is 1. The first kappa shape index (κ1) is 6.43. The van der Waals surface area contributed by atoms with E-state index in [-0.39, 0.29) is 6.10 Å². The highest BCUT2D eigenvalue weighted by Crippen LogP contribution is 1.87. The second-order valence-corrected chi connectivity index (χ2v) is 1.78. The number of hydrogen-bond donors (Lipinski definition) is 1. The Balaban J connectivity index is 3.03. The lowest BCUT2D eigenvalue weighted by Crippen LogP contribution is -1.89. The third-order valence-electron chi connectivity index (χ3n) is 0.351. The topological polar surface area (TPSA) is 20.2 Å². The molecule has 0 aliphatic heterocycles. The molecule has 0 rings (SSSR count). The van der Waals surface area contributed by atoms with E-state index in [1.54, 1.807) is 17.1 Å². The third-order valence-corrected chi connectivity index (χ3v) is 0.766. The van der Waals surface area contributed by atoms with Gasteiger partial charge in [0.1, 0.15) is 0 Å². The van der Waals surface area contributed by atoms with E-state index in [2.05, 4.69) is 22.6 Å². The molecule has 1 atom stereocenters. The zero-order valence-corrected chi connectivity index (χ0v) is 5.71. The Labute approximate surface area is 51.2 Å². The van der Waals surface area contributed by atoms with Gasteiger partial charge in [0.15, 0.2) is 0 Å². The molecule has 1 nitrogen and oxygen atoms in total. The molecule has 0 heterocycles. The Morgan fingerprint density at radius 1 is 1.83 bits per heavy atom. The summed E-state index contributed by atoms with van der Waals surface area (Å²) in [4.78, 5) is 0. The van der Waals surface area contributed by atoms with Crippen molar-refractivity contribution in [3.8, 4) is 0 Å². The zero-order valence-electron chi connectivity index (χ0n) is 3.56. The normalized spacial score (nSPS) is 15.8. The predicted octanol–water partition coefficient (Wildman–Crippen LogP) is 1.32. The third kappa shape index (κ3) is 4.43. The Bertz CT molecular complexity index is 49.5. The van der Waals surface area contributed by atoms with Gasteiger partial charge < -0.3 is 5.11 Å². The molecule has 0 aromatic heterocycles. The highest BCUT2D eigenvalue weighted by atomic mass is 127. The van der Waals surface area contributed by atoms with Crippen molar-refractivity contribution in [2.45, 2.75) is 13.0 Å². The van der Waals surface area contributed by atoms with Gasteiger partial charge in [0.25, 0.3) is 0 Å². The van der Waals surface area contributed by atoms with Crippen molar-refractivity contribution in [2.24, 2.45) is 0 Å². The highest BCUT2D eigenvalue weighted by Gasteiger charge is 1.78. The van der Waals surface area contributed by atoms with Crippen molar-refractivity contribution in [1.82, 2.24) is 0 Å². The van der Waals surface area contributed by atoms with Crippen molar-refractivity contribution in [3.05, 3.63) is 10.2 Å². The van der Waals surface area contributed by atoms with Crippen molar-refractivity contribution < 1.29 is 5.11 Å². The van der Waals surface area contributed by atoms with E-state index < -0.39 is 0 Å². The summed E-state index contributed by atoms with van der Waals surface area (Å²) in [5.41, 5.74) is 0. The molecule has 0 radical (unpaired) electrons. The molecule has 0 unspecified atom stereocenters. The van der Waals surface area contributed by atoms with Crippen molar-refractivity contribution in [2.75, 3.05) is 0 Å². The lowest BCUT2D eigenvalue weighted by atomic mass is 10.4. The largest absolute Gasteiger partial charge is 0.389 e. The van der Waals surface area contributed by atoms with Gasteiger partial charge in [-0.3, -0.25) is 0 Å². The van der Waals surface area contributed by atoms with Crippen LogP contribution in [0, 0.1) is 0 Å². The Morgan fingerprint density at radius 3 is 2.33 bits per heavy atom. The van der Waals surface area contributed by atoms with Gasteiger partial charge in [-0.1, -0.05) is 28.7 Å². The molecule has 0 saturated heterocycles. The van der Waals surface area contributed by atoms with Gasteiger partial charge in [-0.15, -0.1) is 0 Å². The molecule has 0 aromatic rings. The van der Waals surface area contributed by atoms with E-state index in [0.29, 0.717) is 0 Å². The standard InChI is InChI=1S/C4H7IO/c1-4(6)2-3-5/h2-4,6H,1H3/b3-2-/t4-/m1/s1. The summed E-state index contributed by atoms with van der Waals surface area (Å²) < 4.78 is 1.79. The summed E-state index contributed by atoms with van der Waals surface area (Å²) in [6.45, 7) is 1.72. The van der Waals surface area contributed by atoms with Crippen molar-refractivity contribution >= 4 is 22.6 Å². The predicted molar refractivity (Wildman–Crippen MR) is 34.8 cm³/mol. The fourth-order valence-corrected chi connectivity index (χ4v) is 0.706. The fourth-order valence-electron chi connectivity index (χ4n) is 0.105. The Morgan fingerprint density at radius 2 is 2.33 bits per heavy atom. The van der Waals surface area contributed by atoms with E-state index in [9.17, 15) is 0 Å². The van der Waals surface area contributed by atoms with E-state index in [4.69, 9.17) is 5.11 Å². The molecule has 0 aliphatic carbocycles. The van der Waals surface area contributed by atoms with Gasteiger partial charge in [0, 0.05) is 0 Å². The lowest BCUT2D eigenvalue weighted by Gasteiger charge is -1.86. The van der Waals surface area contributed by atoms with Crippen molar-refractivity contribution in [1.29, 1.82) is 0 Å².